The first-order valence-electron chi connectivity index (χ1n) is 10.8. The quantitative estimate of drug-likeness (QED) is 0.229. The van der Waals surface area contributed by atoms with E-state index in [1.54, 1.807) is 24.3 Å². The number of urea groups is 1. The van der Waals surface area contributed by atoms with E-state index in [1.807, 2.05) is 37.3 Å². The van der Waals surface area contributed by atoms with Crippen molar-refractivity contribution >= 4 is 35.3 Å². The summed E-state index contributed by atoms with van der Waals surface area (Å²) in [5.74, 6) is -1.60. The fourth-order valence-corrected chi connectivity index (χ4v) is 3.59. The van der Waals surface area contributed by atoms with Gasteiger partial charge in [0, 0.05) is 0 Å². The van der Waals surface area contributed by atoms with Crippen LogP contribution < -0.4 is 19.7 Å². The number of benzene rings is 3. The maximum Gasteiger partial charge on any atom is 0.335 e. The van der Waals surface area contributed by atoms with Gasteiger partial charge in [-0.25, -0.2) is 9.69 Å². The standard InChI is InChI=1S/C26H21N3O7/c1-16-8-10-19(11-9-16)28-25(31)20(24(30)27-26(28)32)12-18-13-22(35-2)23(14-21(18)29(33)34)36-15-17-6-4-3-5-7-17/h3-14H,15H2,1-2H3,(H,27,30,32)/b20-12+. The number of aryl methyl sites for hydroxylation is 1. The number of anilines is 1. The van der Waals surface area contributed by atoms with Crippen molar-refractivity contribution in [3.63, 3.8) is 0 Å². The number of methoxy groups -OCH3 is 1. The second-order valence-electron chi connectivity index (χ2n) is 7.89. The molecule has 0 radical (unpaired) electrons. The molecule has 10 nitrogen and oxygen atoms in total. The molecule has 1 aliphatic heterocycles. The third kappa shape index (κ3) is 4.92. The van der Waals surface area contributed by atoms with E-state index in [0.29, 0.717) is 0 Å². The highest BCUT2D eigenvalue weighted by Crippen LogP contribution is 2.37. The van der Waals surface area contributed by atoms with Crippen LogP contribution in [0.4, 0.5) is 16.2 Å². The molecule has 10 heteroatoms. The number of hydrogen-bond donors (Lipinski definition) is 1. The summed E-state index contributed by atoms with van der Waals surface area (Å²) in [6.07, 6.45) is 1.06. The third-order valence-electron chi connectivity index (χ3n) is 5.44. The largest absolute Gasteiger partial charge is 0.493 e. The highest BCUT2D eigenvalue weighted by atomic mass is 16.6. The van der Waals surface area contributed by atoms with Crippen LogP contribution >= 0.6 is 0 Å². The fraction of sp³-hybridized carbons (Fsp3) is 0.115. The molecule has 3 aromatic carbocycles. The molecule has 0 atom stereocenters. The highest BCUT2D eigenvalue weighted by molar-refractivity contribution is 6.39. The summed E-state index contributed by atoms with van der Waals surface area (Å²) in [5.41, 5.74) is 1.08. The number of rotatable bonds is 7. The molecule has 182 valence electrons. The Morgan fingerprint density at radius 1 is 1.00 bits per heavy atom. The van der Waals surface area contributed by atoms with Gasteiger partial charge in [0.25, 0.3) is 17.5 Å². The summed E-state index contributed by atoms with van der Waals surface area (Å²) in [6.45, 7) is 1.99. The van der Waals surface area contributed by atoms with E-state index in [-0.39, 0.29) is 29.4 Å². The predicted octanol–water partition coefficient (Wildman–Crippen LogP) is 4.16. The summed E-state index contributed by atoms with van der Waals surface area (Å²) in [5, 5.41) is 14.0. The van der Waals surface area contributed by atoms with E-state index in [4.69, 9.17) is 9.47 Å². The molecule has 1 N–H and O–H groups in total. The molecule has 0 spiro atoms. The normalized spacial score (nSPS) is 14.6. The molecule has 1 saturated heterocycles. The lowest BCUT2D eigenvalue weighted by molar-refractivity contribution is -0.385. The van der Waals surface area contributed by atoms with Gasteiger partial charge < -0.3 is 9.47 Å². The zero-order valence-electron chi connectivity index (χ0n) is 19.4. The Hall–Kier alpha value is -4.99. The van der Waals surface area contributed by atoms with Gasteiger partial charge in [-0.3, -0.25) is 25.0 Å². The Balaban J connectivity index is 1.72. The average Bonchev–Trinajstić information content (AvgIpc) is 2.86. The molecular formula is C26H21N3O7. The number of imide groups is 2. The predicted molar refractivity (Wildman–Crippen MR) is 131 cm³/mol. The molecule has 0 aliphatic carbocycles. The Morgan fingerprint density at radius 2 is 1.69 bits per heavy atom. The number of hydrogen-bond acceptors (Lipinski definition) is 7. The van der Waals surface area contributed by atoms with Crippen LogP contribution in [0.25, 0.3) is 6.08 Å². The highest BCUT2D eigenvalue weighted by Gasteiger charge is 2.37. The third-order valence-corrected chi connectivity index (χ3v) is 5.44. The molecule has 3 aromatic rings. The van der Waals surface area contributed by atoms with Crippen LogP contribution in [0.3, 0.4) is 0 Å². The molecule has 0 aromatic heterocycles. The minimum absolute atomic E-state index is 0.0689. The van der Waals surface area contributed by atoms with Crippen molar-refractivity contribution < 1.29 is 28.8 Å². The Labute approximate surface area is 205 Å². The van der Waals surface area contributed by atoms with Crippen molar-refractivity contribution in [2.24, 2.45) is 0 Å². The molecule has 1 heterocycles. The van der Waals surface area contributed by atoms with Gasteiger partial charge in [-0.15, -0.1) is 0 Å². The number of carbonyl (C=O) groups excluding carboxylic acids is 3. The zero-order valence-corrected chi connectivity index (χ0v) is 19.4. The topological polar surface area (TPSA) is 128 Å². The maximum atomic E-state index is 13.1. The van der Waals surface area contributed by atoms with Gasteiger partial charge >= 0.3 is 6.03 Å². The lowest BCUT2D eigenvalue weighted by Gasteiger charge is -2.26. The van der Waals surface area contributed by atoms with Gasteiger partial charge in [-0.05, 0) is 36.8 Å². The summed E-state index contributed by atoms with van der Waals surface area (Å²) in [4.78, 5) is 50.1. The van der Waals surface area contributed by atoms with E-state index >= 15 is 0 Å². The summed E-state index contributed by atoms with van der Waals surface area (Å²) < 4.78 is 11.1. The molecule has 0 saturated carbocycles. The molecule has 4 amide bonds. The van der Waals surface area contributed by atoms with Gasteiger partial charge in [0.05, 0.1) is 29.4 Å². The van der Waals surface area contributed by atoms with E-state index in [2.05, 4.69) is 5.32 Å². The van der Waals surface area contributed by atoms with E-state index < -0.39 is 34.0 Å². The first-order chi connectivity index (χ1) is 17.3. The average molecular weight is 487 g/mol. The van der Waals surface area contributed by atoms with Crippen LogP contribution in [0.1, 0.15) is 16.7 Å². The van der Waals surface area contributed by atoms with Crippen molar-refractivity contribution in [3.05, 3.63) is 99.1 Å². The molecular weight excluding hydrogens is 466 g/mol. The van der Waals surface area contributed by atoms with Crippen LogP contribution in [0.5, 0.6) is 11.5 Å². The lowest BCUT2D eigenvalue weighted by atomic mass is 10.0. The van der Waals surface area contributed by atoms with Gasteiger partial charge in [0.1, 0.15) is 12.2 Å². The lowest BCUT2D eigenvalue weighted by Crippen LogP contribution is -2.54. The van der Waals surface area contributed by atoms with Crippen LogP contribution in [0, 0.1) is 17.0 Å². The summed E-state index contributed by atoms with van der Waals surface area (Å²) in [6, 6.07) is 17.3. The van der Waals surface area contributed by atoms with Gasteiger partial charge in [0.2, 0.25) is 0 Å². The van der Waals surface area contributed by atoms with Crippen LogP contribution in [-0.2, 0) is 16.2 Å². The molecule has 1 aliphatic rings. The fourth-order valence-electron chi connectivity index (χ4n) is 3.59. The maximum absolute atomic E-state index is 13.1. The van der Waals surface area contributed by atoms with Crippen molar-refractivity contribution in [3.8, 4) is 11.5 Å². The SMILES string of the molecule is COc1cc(/C=C2\C(=O)NC(=O)N(c3ccc(C)cc3)C2=O)c([N+](=O)[O-])cc1OCc1ccccc1. The van der Waals surface area contributed by atoms with Crippen LogP contribution in [0.15, 0.2) is 72.3 Å². The van der Waals surface area contributed by atoms with Crippen molar-refractivity contribution in [1.29, 1.82) is 0 Å². The number of barbiturate groups is 1. The zero-order chi connectivity index (χ0) is 25.8. The van der Waals surface area contributed by atoms with Crippen molar-refractivity contribution in [2.45, 2.75) is 13.5 Å². The van der Waals surface area contributed by atoms with Gasteiger partial charge in [-0.1, -0.05) is 48.0 Å². The van der Waals surface area contributed by atoms with E-state index in [0.717, 1.165) is 22.1 Å². The second kappa shape index (κ2) is 10.1. The van der Waals surface area contributed by atoms with Gasteiger partial charge in [-0.2, -0.15) is 0 Å². The monoisotopic (exact) mass is 487 g/mol. The number of nitro benzene ring substituents is 1. The first kappa shape index (κ1) is 24.1. The number of nitrogens with zero attached hydrogens (tertiary/aromatic N) is 2. The van der Waals surface area contributed by atoms with Crippen molar-refractivity contribution in [1.82, 2.24) is 5.32 Å². The molecule has 1 fully saturated rings. The summed E-state index contributed by atoms with van der Waals surface area (Å²) in [7, 11) is 1.36. The van der Waals surface area contributed by atoms with E-state index in [9.17, 15) is 24.5 Å². The first-order valence-corrected chi connectivity index (χ1v) is 10.8. The summed E-state index contributed by atoms with van der Waals surface area (Å²) >= 11 is 0. The number of nitrogens with one attached hydrogen (secondary N) is 1. The Bertz CT molecular complexity index is 1380. The molecule has 4 rings (SSSR count). The number of carbonyl (C=O) groups is 3. The van der Waals surface area contributed by atoms with E-state index in [1.165, 1.54) is 19.2 Å². The second-order valence-corrected chi connectivity index (χ2v) is 7.89. The molecule has 0 unspecified atom stereocenters. The number of amides is 4. The Morgan fingerprint density at radius 3 is 2.33 bits per heavy atom. The molecule has 36 heavy (non-hydrogen) atoms. The Kier molecular flexibility index (Phi) is 6.77. The number of nitro groups is 1. The van der Waals surface area contributed by atoms with Crippen molar-refractivity contribution in [2.75, 3.05) is 12.0 Å². The van der Waals surface area contributed by atoms with Gasteiger partial charge in [0.15, 0.2) is 11.5 Å². The van der Waals surface area contributed by atoms with Crippen LogP contribution in [0.2, 0.25) is 0 Å². The minimum Gasteiger partial charge on any atom is -0.493 e. The van der Waals surface area contributed by atoms with Crippen LogP contribution in [-0.4, -0.2) is 29.9 Å². The number of ether oxygens (including phenoxy) is 2. The minimum atomic E-state index is -0.967. The molecule has 0 bridgehead atoms. The smallest absolute Gasteiger partial charge is 0.335 e.